The van der Waals surface area contributed by atoms with E-state index in [9.17, 15) is 9.90 Å². The fourth-order valence-corrected chi connectivity index (χ4v) is 1.61. The van der Waals surface area contributed by atoms with Gasteiger partial charge in [0.25, 0.3) is 0 Å². The van der Waals surface area contributed by atoms with Gasteiger partial charge in [-0.1, -0.05) is 30.3 Å². The Bertz CT molecular complexity index is 603. The number of rotatable bonds is 3. The molecule has 0 aromatic heterocycles. The number of ketones is 1. The Morgan fingerprint density at radius 1 is 1.11 bits per heavy atom. The molecule has 0 aliphatic rings. The number of anilines is 1. The van der Waals surface area contributed by atoms with Crippen molar-refractivity contribution in [3.8, 4) is 5.75 Å². The molecule has 0 unspecified atom stereocenters. The second kappa shape index (κ2) is 5.19. The van der Waals surface area contributed by atoms with Gasteiger partial charge in [0.2, 0.25) is 0 Å². The first-order valence-electron chi connectivity index (χ1n) is 5.53. The van der Waals surface area contributed by atoms with Crippen molar-refractivity contribution in [2.45, 2.75) is 0 Å². The number of benzene rings is 2. The molecule has 0 heterocycles. The Labute approximate surface area is 105 Å². The topological polar surface area (TPSA) is 63.3 Å². The Morgan fingerprint density at radius 3 is 2.61 bits per heavy atom. The molecule has 2 aromatic rings. The van der Waals surface area contributed by atoms with Gasteiger partial charge in [-0.05, 0) is 35.9 Å². The normalized spacial score (nSPS) is 10.7. The van der Waals surface area contributed by atoms with Crippen LogP contribution < -0.4 is 5.73 Å². The number of phenolic OH excluding ortho intramolecular Hbond substituents is 1. The fraction of sp³-hybridized carbons (Fsp3) is 0. The lowest BCUT2D eigenvalue weighted by atomic mass is 10.1. The third-order valence-corrected chi connectivity index (χ3v) is 2.51. The van der Waals surface area contributed by atoms with E-state index >= 15 is 0 Å². The molecule has 0 aliphatic heterocycles. The predicted molar refractivity (Wildman–Crippen MR) is 72.3 cm³/mol. The average Bonchev–Trinajstić information content (AvgIpc) is 2.37. The van der Waals surface area contributed by atoms with Gasteiger partial charge in [0, 0.05) is 5.69 Å². The molecule has 0 amide bonds. The lowest BCUT2D eigenvalue weighted by Crippen LogP contribution is -1.94. The van der Waals surface area contributed by atoms with Crippen molar-refractivity contribution in [1.29, 1.82) is 0 Å². The second-order valence-corrected chi connectivity index (χ2v) is 3.88. The minimum Gasteiger partial charge on any atom is -0.507 e. The van der Waals surface area contributed by atoms with Crippen molar-refractivity contribution in [2.75, 3.05) is 5.73 Å². The second-order valence-electron chi connectivity index (χ2n) is 3.88. The van der Waals surface area contributed by atoms with Crippen molar-refractivity contribution in [3.63, 3.8) is 0 Å². The smallest absolute Gasteiger partial charge is 0.189 e. The minimum atomic E-state index is -0.240. The van der Waals surface area contributed by atoms with Crippen LogP contribution in [-0.2, 0) is 0 Å². The highest BCUT2D eigenvalue weighted by atomic mass is 16.3. The first-order valence-corrected chi connectivity index (χ1v) is 5.53. The van der Waals surface area contributed by atoms with Gasteiger partial charge in [-0.2, -0.15) is 0 Å². The van der Waals surface area contributed by atoms with Gasteiger partial charge < -0.3 is 10.8 Å². The van der Waals surface area contributed by atoms with Crippen LogP contribution in [0.1, 0.15) is 15.9 Å². The third kappa shape index (κ3) is 2.77. The maximum Gasteiger partial charge on any atom is 0.189 e. The predicted octanol–water partition coefficient (Wildman–Crippen LogP) is 2.87. The van der Waals surface area contributed by atoms with Crippen LogP contribution >= 0.6 is 0 Å². The number of aromatic hydroxyl groups is 1. The Hall–Kier alpha value is -2.55. The molecule has 3 heteroatoms. The number of nitrogens with two attached hydrogens (primary N) is 1. The Morgan fingerprint density at radius 2 is 1.89 bits per heavy atom. The van der Waals surface area contributed by atoms with E-state index in [1.807, 2.05) is 12.1 Å². The number of phenols is 1. The van der Waals surface area contributed by atoms with Gasteiger partial charge in [-0.3, -0.25) is 4.79 Å². The summed E-state index contributed by atoms with van der Waals surface area (Å²) in [4.78, 5) is 11.8. The van der Waals surface area contributed by atoms with Crippen molar-refractivity contribution in [1.82, 2.24) is 0 Å². The molecule has 0 radical (unpaired) electrons. The number of para-hydroxylation sites is 1. The molecule has 0 aliphatic carbocycles. The van der Waals surface area contributed by atoms with Crippen molar-refractivity contribution in [2.24, 2.45) is 0 Å². The lowest BCUT2D eigenvalue weighted by molar-refractivity contribution is 0.104. The van der Waals surface area contributed by atoms with E-state index in [2.05, 4.69) is 0 Å². The van der Waals surface area contributed by atoms with E-state index in [0.717, 1.165) is 5.56 Å². The number of allylic oxidation sites excluding steroid dienone is 1. The quantitative estimate of drug-likeness (QED) is 0.492. The van der Waals surface area contributed by atoms with Crippen LogP contribution in [-0.4, -0.2) is 10.9 Å². The number of hydrogen-bond donors (Lipinski definition) is 2. The third-order valence-electron chi connectivity index (χ3n) is 2.51. The zero-order valence-corrected chi connectivity index (χ0v) is 9.71. The van der Waals surface area contributed by atoms with Gasteiger partial charge >= 0.3 is 0 Å². The molecule has 18 heavy (non-hydrogen) atoms. The molecule has 0 spiro atoms. The van der Waals surface area contributed by atoms with Crippen LogP contribution in [0, 0.1) is 0 Å². The van der Waals surface area contributed by atoms with Gasteiger partial charge in [0.05, 0.1) is 5.56 Å². The summed E-state index contributed by atoms with van der Waals surface area (Å²) in [6.07, 6.45) is 3.09. The first kappa shape index (κ1) is 11.9. The summed E-state index contributed by atoms with van der Waals surface area (Å²) >= 11 is 0. The maximum atomic E-state index is 11.8. The van der Waals surface area contributed by atoms with Crippen molar-refractivity contribution in [3.05, 3.63) is 65.7 Å². The highest BCUT2D eigenvalue weighted by Gasteiger charge is 2.06. The van der Waals surface area contributed by atoms with E-state index in [-0.39, 0.29) is 17.1 Å². The fourth-order valence-electron chi connectivity index (χ4n) is 1.61. The SMILES string of the molecule is Nc1cccc(C=CC(=O)c2ccccc2O)c1. The van der Waals surface area contributed by atoms with Crippen LogP contribution in [0.5, 0.6) is 5.75 Å². The van der Waals surface area contributed by atoms with E-state index in [1.165, 1.54) is 12.1 Å². The van der Waals surface area contributed by atoms with Gasteiger partial charge in [0.15, 0.2) is 5.78 Å². The molecular formula is C15H13NO2. The molecule has 0 saturated heterocycles. The molecule has 3 nitrogen and oxygen atoms in total. The molecule has 0 saturated carbocycles. The van der Waals surface area contributed by atoms with E-state index < -0.39 is 0 Å². The lowest BCUT2D eigenvalue weighted by Gasteiger charge is -1.99. The van der Waals surface area contributed by atoms with Crippen LogP contribution in [0.25, 0.3) is 6.08 Å². The summed E-state index contributed by atoms with van der Waals surface area (Å²) in [7, 11) is 0. The summed E-state index contributed by atoms with van der Waals surface area (Å²) in [5, 5.41) is 9.55. The van der Waals surface area contributed by atoms with Crippen LogP contribution in [0.4, 0.5) is 5.69 Å². The van der Waals surface area contributed by atoms with Crippen molar-refractivity contribution < 1.29 is 9.90 Å². The summed E-state index contributed by atoms with van der Waals surface area (Å²) in [5.41, 5.74) is 7.42. The number of hydrogen-bond acceptors (Lipinski definition) is 3. The summed E-state index contributed by atoms with van der Waals surface area (Å²) in [6.45, 7) is 0. The van der Waals surface area contributed by atoms with E-state index in [0.29, 0.717) is 5.69 Å². The average molecular weight is 239 g/mol. The van der Waals surface area contributed by atoms with Crippen LogP contribution in [0.3, 0.4) is 0 Å². The van der Waals surface area contributed by atoms with E-state index in [4.69, 9.17) is 5.73 Å². The molecule has 0 atom stereocenters. The molecule has 0 fully saturated rings. The van der Waals surface area contributed by atoms with Crippen LogP contribution in [0.2, 0.25) is 0 Å². The Kier molecular flexibility index (Phi) is 3.44. The number of carbonyl (C=O) groups excluding carboxylic acids is 1. The molecule has 2 aromatic carbocycles. The van der Waals surface area contributed by atoms with Crippen LogP contribution in [0.15, 0.2) is 54.6 Å². The zero-order chi connectivity index (χ0) is 13.0. The van der Waals surface area contributed by atoms with Gasteiger partial charge in [-0.15, -0.1) is 0 Å². The maximum absolute atomic E-state index is 11.8. The summed E-state index contributed by atoms with van der Waals surface area (Å²) < 4.78 is 0. The summed E-state index contributed by atoms with van der Waals surface area (Å²) in [6, 6.07) is 13.7. The number of nitrogen functional groups attached to an aromatic ring is 1. The molecule has 2 rings (SSSR count). The molecule has 0 bridgehead atoms. The highest BCUT2D eigenvalue weighted by Crippen LogP contribution is 2.17. The number of carbonyl (C=O) groups is 1. The van der Waals surface area contributed by atoms with Gasteiger partial charge in [0.1, 0.15) is 5.75 Å². The highest BCUT2D eigenvalue weighted by molar-refractivity contribution is 6.08. The monoisotopic (exact) mass is 239 g/mol. The summed E-state index contributed by atoms with van der Waals surface area (Å²) in [5.74, 6) is -0.254. The van der Waals surface area contributed by atoms with Crippen molar-refractivity contribution >= 4 is 17.5 Å². The zero-order valence-electron chi connectivity index (χ0n) is 9.71. The Balaban J connectivity index is 2.20. The molecule has 90 valence electrons. The first-order chi connectivity index (χ1) is 8.66. The molecule has 3 N–H and O–H groups in total. The van der Waals surface area contributed by atoms with Gasteiger partial charge in [-0.25, -0.2) is 0 Å². The molecular weight excluding hydrogens is 226 g/mol. The largest absolute Gasteiger partial charge is 0.507 e. The van der Waals surface area contributed by atoms with E-state index in [1.54, 1.807) is 36.4 Å². The minimum absolute atomic E-state index is 0.0141. The standard InChI is InChI=1S/C15H13NO2/c16-12-5-3-4-11(10-12)8-9-15(18)13-6-1-2-7-14(13)17/h1-10,17H,16H2.